The van der Waals surface area contributed by atoms with E-state index in [1.165, 1.54) is 32.2 Å². The van der Waals surface area contributed by atoms with E-state index < -0.39 is 5.91 Å². The Labute approximate surface area is 161 Å². The number of aromatic nitrogens is 3. The minimum atomic E-state index is -0.422. The number of hydrogen-bond acceptors (Lipinski definition) is 7. The van der Waals surface area contributed by atoms with Crippen LogP contribution in [0.25, 0.3) is 5.69 Å². The standard InChI is InChI=1S/C19H20N4O5/c1-25-14-7-5-13(6-8-14)23-11-15(21-22-23)19(24)20-12-9-16(26-2)18(28-4)17(10-12)27-3/h5-11H,1-4H3,(H,20,24). The Bertz CT molecular complexity index is 944. The molecule has 9 heteroatoms. The molecule has 0 bridgehead atoms. The molecule has 146 valence electrons. The largest absolute Gasteiger partial charge is 0.497 e. The zero-order chi connectivity index (χ0) is 20.1. The summed E-state index contributed by atoms with van der Waals surface area (Å²) in [5.74, 6) is 1.60. The number of hydrogen-bond donors (Lipinski definition) is 1. The van der Waals surface area contributed by atoms with E-state index in [9.17, 15) is 4.79 Å². The number of methoxy groups -OCH3 is 4. The van der Waals surface area contributed by atoms with E-state index in [-0.39, 0.29) is 5.69 Å². The fourth-order valence-electron chi connectivity index (χ4n) is 2.58. The molecule has 3 rings (SSSR count). The van der Waals surface area contributed by atoms with E-state index in [1.807, 2.05) is 12.1 Å². The summed E-state index contributed by atoms with van der Waals surface area (Å²) in [5.41, 5.74) is 1.38. The van der Waals surface area contributed by atoms with E-state index in [4.69, 9.17) is 18.9 Å². The van der Waals surface area contributed by atoms with E-state index in [0.717, 1.165) is 11.4 Å². The Morgan fingerprint density at radius 1 is 0.929 bits per heavy atom. The highest BCUT2D eigenvalue weighted by molar-refractivity contribution is 6.03. The number of anilines is 1. The molecular formula is C19H20N4O5. The van der Waals surface area contributed by atoms with Crippen molar-refractivity contribution in [2.75, 3.05) is 33.8 Å². The van der Waals surface area contributed by atoms with E-state index in [0.29, 0.717) is 22.9 Å². The number of nitrogens with one attached hydrogen (secondary N) is 1. The molecule has 1 amide bonds. The highest BCUT2D eigenvalue weighted by Gasteiger charge is 2.17. The molecule has 0 atom stereocenters. The van der Waals surface area contributed by atoms with Crippen LogP contribution >= 0.6 is 0 Å². The number of benzene rings is 2. The van der Waals surface area contributed by atoms with Gasteiger partial charge < -0.3 is 24.3 Å². The molecule has 9 nitrogen and oxygen atoms in total. The number of nitrogens with zero attached hydrogens (tertiary/aromatic N) is 3. The van der Waals surface area contributed by atoms with Crippen molar-refractivity contribution in [3.63, 3.8) is 0 Å². The van der Waals surface area contributed by atoms with Gasteiger partial charge in [0, 0.05) is 17.8 Å². The topological polar surface area (TPSA) is 96.7 Å². The molecule has 1 aromatic heterocycles. The molecule has 2 aromatic carbocycles. The average Bonchev–Trinajstić information content (AvgIpc) is 3.23. The Balaban J connectivity index is 1.81. The molecule has 0 aliphatic carbocycles. The van der Waals surface area contributed by atoms with Gasteiger partial charge in [-0.3, -0.25) is 4.79 Å². The second kappa shape index (κ2) is 8.30. The van der Waals surface area contributed by atoms with Crippen LogP contribution in [0.5, 0.6) is 23.0 Å². The first-order chi connectivity index (χ1) is 13.6. The third-order valence-electron chi connectivity index (χ3n) is 3.99. The molecule has 0 radical (unpaired) electrons. The van der Waals surface area contributed by atoms with Crippen LogP contribution in [0.15, 0.2) is 42.6 Å². The summed E-state index contributed by atoms with van der Waals surface area (Å²) < 4.78 is 22.5. The molecule has 0 saturated heterocycles. The lowest BCUT2D eigenvalue weighted by Gasteiger charge is -2.14. The van der Waals surface area contributed by atoms with Crippen molar-refractivity contribution >= 4 is 11.6 Å². The summed E-state index contributed by atoms with van der Waals surface area (Å²) in [6.45, 7) is 0. The zero-order valence-corrected chi connectivity index (χ0v) is 15.9. The molecule has 3 aromatic rings. The minimum absolute atomic E-state index is 0.157. The first-order valence-electron chi connectivity index (χ1n) is 8.27. The monoisotopic (exact) mass is 384 g/mol. The molecule has 0 spiro atoms. The van der Waals surface area contributed by atoms with Gasteiger partial charge in [0.15, 0.2) is 17.2 Å². The van der Waals surface area contributed by atoms with Gasteiger partial charge in [-0.2, -0.15) is 0 Å². The molecular weight excluding hydrogens is 364 g/mol. The van der Waals surface area contributed by atoms with Crippen molar-refractivity contribution in [2.45, 2.75) is 0 Å². The second-order valence-corrected chi connectivity index (χ2v) is 5.61. The molecule has 0 aliphatic heterocycles. The first kappa shape index (κ1) is 19.0. The fraction of sp³-hybridized carbons (Fsp3) is 0.211. The number of carbonyl (C=O) groups is 1. The second-order valence-electron chi connectivity index (χ2n) is 5.61. The van der Waals surface area contributed by atoms with Crippen molar-refractivity contribution in [3.8, 4) is 28.7 Å². The van der Waals surface area contributed by atoms with E-state index in [2.05, 4.69) is 15.6 Å². The van der Waals surface area contributed by atoms with Crippen LogP contribution in [0.1, 0.15) is 10.5 Å². The van der Waals surface area contributed by atoms with Gasteiger partial charge in [-0.05, 0) is 24.3 Å². The van der Waals surface area contributed by atoms with Crippen LogP contribution in [-0.4, -0.2) is 49.3 Å². The van der Waals surface area contributed by atoms with Crippen molar-refractivity contribution in [1.82, 2.24) is 15.0 Å². The van der Waals surface area contributed by atoms with Crippen molar-refractivity contribution in [3.05, 3.63) is 48.3 Å². The number of amides is 1. The molecule has 1 N–H and O–H groups in total. The molecule has 0 aliphatic rings. The maximum Gasteiger partial charge on any atom is 0.277 e. The van der Waals surface area contributed by atoms with Crippen molar-refractivity contribution < 1.29 is 23.7 Å². The minimum Gasteiger partial charge on any atom is -0.497 e. The van der Waals surface area contributed by atoms with Gasteiger partial charge in [0.1, 0.15) is 5.75 Å². The number of carbonyl (C=O) groups excluding carboxylic acids is 1. The van der Waals surface area contributed by atoms with Gasteiger partial charge in [0.25, 0.3) is 5.91 Å². The third-order valence-corrected chi connectivity index (χ3v) is 3.99. The Hall–Kier alpha value is -3.75. The lowest BCUT2D eigenvalue weighted by molar-refractivity contribution is 0.102. The molecule has 28 heavy (non-hydrogen) atoms. The molecule has 0 fully saturated rings. The highest BCUT2D eigenvalue weighted by Crippen LogP contribution is 2.40. The molecule has 1 heterocycles. The molecule has 0 unspecified atom stereocenters. The van der Waals surface area contributed by atoms with Gasteiger partial charge in [-0.25, -0.2) is 4.68 Å². The van der Waals surface area contributed by atoms with E-state index >= 15 is 0 Å². The summed E-state index contributed by atoms with van der Waals surface area (Å²) in [6, 6.07) is 10.5. The quantitative estimate of drug-likeness (QED) is 0.669. The zero-order valence-electron chi connectivity index (χ0n) is 15.9. The number of rotatable bonds is 7. The lowest BCUT2D eigenvalue weighted by atomic mass is 10.2. The fourth-order valence-corrected chi connectivity index (χ4v) is 2.58. The molecule has 0 saturated carbocycles. The van der Waals surface area contributed by atoms with Gasteiger partial charge in [-0.1, -0.05) is 5.21 Å². The Morgan fingerprint density at radius 3 is 2.11 bits per heavy atom. The Kier molecular flexibility index (Phi) is 5.64. The predicted octanol–water partition coefficient (Wildman–Crippen LogP) is 2.55. The third kappa shape index (κ3) is 3.83. The first-order valence-corrected chi connectivity index (χ1v) is 8.27. The van der Waals surface area contributed by atoms with Crippen LogP contribution in [-0.2, 0) is 0 Å². The normalized spacial score (nSPS) is 10.3. The maximum absolute atomic E-state index is 12.6. The van der Waals surface area contributed by atoms with Crippen LogP contribution in [0, 0.1) is 0 Å². The van der Waals surface area contributed by atoms with Gasteiger partial charge in [-0.15, -0.1) is 5.10 Å². The lowest BCUT2D eigenvalue weighted by Crippen LogP contribution is -2.12. The van der Waals surface area contributed by atoms with Crippen LogP contribution in [0.3, 0.4) is 0 Å². The summed E-state index contributed by atoms with van der Waals surface area (Å²) in [5, 5.41) is 10.7. The SMILES string of the molecule is COc1ccc(-n2cc(C(=O)Nc3cc(OC)c(OC)c(OC)c3)nn2)cc1. The van der Waals surface area contributed by atoms with Crippen LogP contribution in [0.4, 0.5) is 5.69 Å². The van der Waals surface area contributed by atoms with Gasteiger partial charge >= 0.3 is 0 Å². The summed E-state index contributed by atoms with van der Waals surface area (Å²) in [4.78, 5) is 12.6. The van der Waals surface area contributed by atoms with Crippen molar-refractivity contribution in [2.24, 2.45) is 0 Å². The van der Waals surface area contributed by atoms with Gasteiger partial charge in [0.2, 0.25) is 5.75 Å². The van der Waals surface area contributed by atoms with Crippen LogP contribution < -0.4 is 24.3 Å². The van der Waals surface area contributed by atoms with Crippen molar-refractivity contribution in [1.29, 1.82) is 0 Å². The van der Waals surface area contributed by atoms with Crippen LogP contribution in [0.2, 0.25) is 0 Å². The smallest absolute Gasteiger partial charge is 0.277 e. The summed E-state index contributed by atoms with van der Waals surface area (Å²) >= 11 is 0. The number of ether oxygens (including phenoxy) is 4. The predicted molar refractivity (Wildman–Crippen MR) is 102 cm³/mol. The Morgan fingerprint density at radius 2 is 1.57 bits per heavy atom. The van der Waals surface area contributed by atoms with E-state index in [1.54, 1.807) is 31.4 Å². The maximum atomic E-state index is 12.6. The highest BCUT2D eigenvalue weighted by atomic mass is 16.5. The summed E-state index contributed by atoms with van der Waals surface area (Å²) in [7, 11) is 6.11. The van der Waals surface area contributed by atoms with Gasteiger partial charge in [0.05, 0.1) is 40.3 Å². The summed E-state index contributed by atoms with van der Waals surface area (Å²) in [6.07, 6.45) is 1.54. The average molecular weight is 384 g/mol.